The predicted molar refractivity (Wildman–Crippen MR) is 127 cm³/mol. The summed E-state index contributed by atoms with van der Waals surface area (Å²) < 4.78 is 26.2. The van der Waals surface area contributed by atoms with Gasteiger partial charge in [0.2, 0.25) is 5.69 Å². The molecule has 2 heterocycles. The summed E-state index contributed by atoms with van der Waals surface area (Å²) in [6, 6.07) is 8.55. The summed E-state index contributed by atoms with van der Waals surface area (Å²) in [6.07, 6.45) is 4.10. The minimum atomic E-state index is 0. The van der Waals surface area contributed by atoms with E-state index in [0.717, 1.165) is 47.8 Å². The number of aromatic nitrogens is 1. The fourth-order valence-corrected chi connectivity index (χ4v) is 4.71. The zero-order valence-corrected chi connectivity index (χ0v) is 21.1. The first kappa shape index (κ1) is 25.0. The summed E-state index contributed by atoms with van der Waals surface area (Å²) in [5, 5.41) is 2.32. The molecule has 0 aliphatic carbocycles. The van der Waals surface area contributed by atoms with Crippen LogP contribution in [0.25, 0.3) is 22.0 Å². The van der Waals surface area contributed by atoms with Gasteiger partial charge in [0.05, 0.1) is 37.4 Å². The Bertz CT molecular complexity index is 1130. The second-order valence-corrected chi connectivity index (χ2v) is 7.80. The van der Waals surface area contributed by atoms with E-state index in [1.165, 1.54) is 27.8 Å². The molecule has 4 rings (SSSR count). The molecule has 0 bridgehead atoms. The molecular formula is C27H34ClNO4. The second kappa shape index (κ2) is 11.0. The molecule has 5 nitrogen and oxygen atoms in total. The maximum atomic E-state index is 6.08. The predicted octanol–water partition coefficient (Wildman–Crippen LogP) is 2.51. The zero-order chi connectivity index (χ0) is 22.7. The van der Waals surface area contributed by atoms with E-state index in [4.69, 9.17) is 18.9 Å². The molecule has 0 atom stereocenters. The summed E-state index contributed by atoms with van der Waals surface area (Å²) in [5.74, 6) is 3.29. The first-order chi connectivity index (χ1) is 15.7. The van der Waals surface area contributed by atoms with E-state index in [2.05, 4.69) is 35.9 Å². The molecule has 0 saturated heterocycles. The molecule has 178 valence electrons. The van der Waals surface area contributed by atoms with Crippen molar-refractivity contribution in [2.75, 3.05) is 26.4 Å². The number of hydrogen-bond acceptors (Lipinski definition) is 4. The highest BCUT2D eigenvalue weighted by Crippen LogP contribution is 2.42. The smallest absolute Gasteiger partial charge is 0.216 e. The van der Waals surface area contributed by atoms with Crippen LogP contribution in [-0.4, -0.2) is 26.4 Å². The van der Waals surface area contributed by atoms with Crippen molar-refractivity contribution in [3.8, 4) is 34.3 Å². The molecule has 6 heteroatoms. The SMILES string of the molecule is CCOc1cc2c(cc1OCC)-c1c(CC)c3ccc(OCC)c(OCC)c3c[n+]1CC2.[Cl-]. The Morgan fingerprint density at radius 1 is 0.758 bits per heavy atom. The minimum Gasteiger partial charge on any atom is -1.00 e. The van der Waals surface area contributed by atoms with Crippen LogP contribution in [0.2, 0.25) is 0 Å². The van der Waals surface area contributed by atoms with Crippen LogP contribution in [-0.2, 0) is 19.4 Å². The molecule has 1 aliphatic rings. The number of fused-ring (bicyclic) bond motifs is 4. The van der Waals surface area contributed by atoms with Crippen molar-refractivity contribution in [3.05, 3.63) is 41.6 Å². The summed E-state index contributed by atoms with van der Waals surface area (Å²) in [4.78, 5) is 0. The van der Waals surface area contributed by atoms with Gasteiger partial charge < -0.3 is 31.4 Å². The number of ether oxygens (including phenoxy) is 4. The standard InChI is InChI=1S/C27H34NO4.ClH/c1-6-19-20-11-12-23(29-7-2)27(32-10-5)22(20)17-28-14-13-18-15-24(30-8-3)25(31-9-4)16-21(18)26(19)28;/h11-12,15-17H,6-10,13-14H2,1-5H3;1H/q+1;/p-1. The van der Waals surface area contributed by atoms with Gasteiger partial charge in [-0.2, -0.15) is 4.57 Å². The Morgan fingerprint density at radius 2 is 1.39 bits per heavy atom. The van der Waals surface area contributed by atoms with Crippen molar-refractivity contribution in [2.45, 2.75) is 54.0 Å². The average Bonchev–Trinajstić information content (AvgIpc) is 2.80. The molecule has 33 heavy (non-hydrogen) atoms. The van der Waals surface area contributed by atoms with Crippen molar-refractivity contribution in [2.24, 2.45) is 0 Å². The zero-order valence-electron chi connectivity index (χ0n) is 20.3. The Morgan fingerprint density at radius 3 is 2.03 bits per heavy atom. The molecule has 0 saturated carbocycles. The molecule has 0 spiro atoms. The lowest BCUT2D eigenvalue weighted by Crippen LogP contribution is -3.00. The van der Waals surface area contributed by atoms with Crippen LogP contribution in [0.15, 0.2) is 30.5 Å². The summed E-state index contributed by atoms with van der Waals surface area (Å²) in [5.41, 5.74) is 5.12. The average molecular weight is 472 g/mol. The lowest BCUT2D eigenvalue weighted by atomic mass is 9.90. The normalized spacial score (nSPS) is 11.9. The monoisotopic (exact) mass is 471 g/mol. The first-order valence-corrected chi connectivity index (χ1v) is 11.9. The van der Waals surface area contributed by atoms with Crippen LogP contribution < -0.4 is 35.9 Å². The maximum absolute atomic E-state index is 6.08. The van der Waals surface area contributed by atoms with E-state index in [1.807, 2.05) is 33.8 Å². The molecule has 2 aromatic carbocycles. The molecule has 0 radical (unpaired) electrons. The van der Waals surface area contributed by atoms with Gasteiger partial charge in [0.25, 0.3) is 0 Å². The number of rotatable bonds is 9. The van der Waals surface area contributed by atoms with Gasteiger partial charge >= 0.3 is 0 Å². The quantitative estimate of drug-likeness (QED) is 0.450. The lowest BCUT2D eigenvalue weighted by Gasteiger charge is -2.22. The van der Waals surface area contributed by atoms with Gasteiger partial charge in [-0.05, 0) is 63.9 Å². The summed E-state index contributed by atoms with van der Waals surface area (Å²) >= 11 is 0. The van der Waals surface area contributed by atoms with Gasteiger partial charge in [0.15, 0.2) is 35.7 Å². The number of aryl methyl sites for hydroxylation is 3. The molecule has 0 unspecified atom stereocenters. The number of halogens is 1. The fourth-order valence-electron chi connectivity index (χ4n) is 4.71. The second-order valence-electron chi connectivity index (χ2n) is 7.80. The van der Waals surface area contributed by atoms with E-state index in [0.29, 0.717) is 26.4 Å². The summed E-state index contributed by atoms with van der Waals surface area (Å²) in [7, 11) is 0. The molecule has 1 aliphatic heterocycles. The third kappa shape index (κ3) is 4.56. The van der Waals surface area contributed by atoms with Crippen molar-refractivity contribution in [3.63, 3.8) is 0 Å². The van der Waals surface area contributed by atoms with Crippen LogP contribution in [0.1, 0.15) is 45.7 Å². The van der Waals surface area contributed by atoms with Crippen LogP contribution in [0.4, 0.5) is 0 Å². The minimum absolute atomic E-state index is 0. The van der Waals surface area contributed by atoms with E-state index in [-0.39, 0.29) is 12.4 Å². The molecule has 0 amide bonds. The molecule has 3 aromatic rings. The Hall–Kier alpha value is -2.66. The highest BCUT2D eigenvalue weighted by molar-refractivity contribution is 5.95. The molecular weight excluding hydrogens is 438 g/mol. The van der Waals surface area contributed by atoms with E-state index >= 15 is 0 Å². The maximum Gasteiger partial charge on any atom is 0.216 e. The topological polar surface area (TPSA) is 40.8 Å². The highest BCUT2D eigenvalue weighted by Gasteiger charge is 2.31. The van der Waals surface area contributed by atoms with Gasteiger partial charge in [-0.1, -0.05) is 6.92 Å². The summed E-state index contributed by atoms with van der Waals surface area (Å²) in [6.45, 7) is 13.6. The van der Waals surface area contributed by atoms with E-state index < -0.39 is 0 Å². The third-order valence-corrected chi connectivity index (χ3v) is 5.93. The van der Waals surface area contributed by atoms with Gasteiger partial charge in [-0.15, -0.1) is 0 Å². The Kier molecular flexibility index (Phi) is 8.30. The van der Waals surface area contributed by atoms with E-state index in [1.54, 1.807) is 0 Å². The number of hydrogen-bond donors (Lipinski definition) is 0. The number of benzene rings is 2. The number of nitrogens with zero attached hydrogens (tertiary/aromatic N) is 1. The Balaban J connectivity index is 0.00000306. The fraction of sp³-hybridized carbons (Fsp3) is 0.444. The molecule has 1 aromatic heterocycles. The van der Waals surface area contributed by atoms with Crippen molar-refractivity contribution in [1.82, 2.24) is 0 Å². The Labute approximate surface area is 203 Å². The van der Waals surface area contributed by atoms with Crippen LogP contribution in [0.5, 0.6) is 23.0 Å². The molecule has 0 fully saturated rings. The van der Waals surface area contributed by atoms with Gasteiger partial charge in [0, 0.05) is 17.4 Å². The van der Waals surface area contributed by atoms with Crippen LogP contribution in [0.3, 0.4) is 0 Å². The highest BCUT2D eigenvalue weighted by atomic mass is 35.5. The van der Waals surface area contributed by atoms with E-state index in [9.17, 15) is 0 Å². The van der Waals surface area contributed by atoms with Crippen LogP contribution >= 0.6 is 0 Å². The third-order valence-electron chi connectivity index (χ3n) is 5.93. The lowest BCUT2D eigenvalue weighted by molar-refractivity contribution is -0.686. The van der Waals surface area contributed by atoms with Crippen LogP contribution in [0, 0.1) is 0 Å². The molecule has 0 N–H and O–H groups in total. The van der Waals surface area contributed by atoms with Crippen molar-refractivity contribution < 1.29 is 35.9 Å². The number of pyridine rings is 1. The van der Waals surface area contributed by atoms with Gasteiger partial charge in [-0.3, -0.25) is 0 Å². The van der Waals surface area contributed by atoms with Gasteiger partial charge in [0.1, 0.15) is 0 Å². The van der Waals surface area contributed by atoms with Crippen molar-refractivity contribution >= 4 is 10.8 Å². The first-order valence-electron chi connectivity index (χ1n) is 11.9. The van der Waals surface area contributed by atoms with Gasteiger partial charge in [-0.25, -0.2) is 0 Å². The van der Waals surface area contributed by atoms with Crippen molar-refractivity contribution in [1.29, 1.82) is 0 Å². The largest absolute Gasteiger partial charge is 1.00 e.